The van der Waals surface area contributed by atoms with Crippen LogP contribution in [0.15, 0.2) is 106 Å². The van der Waals surface area contributed by atoms with Crippen molar-refractivity contribution < 1.29 is 0 Å². The largest absolute Gasteiger partial charge is 0.0616 e. The van der Waals surface area contributed by atoms with Crippen LogP contribution in [0.3, 0.4) is 0 Å². The van der Waals surface area contributed by atoms with Gasteiger partial charge in [0.15, 0.2) is 0 Å². The van der Waals surface area contributed by atoms with Crippen molar-refractivity contribution in [3.05, 3.63) is 106 Å². The topological polar surface area (TPSA) is 0 Å². The Kier molecular flexibility index (Phi) is 4.19. The van der Waals surface area contributed by atoms with E-state index in [4.69, 9.17) is 0 Å². The molecule has 0 aliphatic carbocycles. The van der Waals surface area contributed by atoms with Gasteiger partial charge in [-0.1, -0.05) is 117 Å². The molecule has 0 atom stereocenters. The highest BCUT2D eigenvalue weighted by atomic mass is 79.9. The van der Waals surface area contributed by atoms with Gasteiger partial charge >= 0.3 is 0 Å². The van der Waals surface area contributed by atoms with Crippen LogP contribution in [-0.2, 0) is 0 Å². The molecular formula is C28H16Br2. The van der Waals surface area contributed by atoms with Gasteiger partial charge in [0, 0.05) is 8.95 Å². The van der Waals surface area contributed by atoms with Crippen molar-refractivity contribution in [2.24, 2.45) is 0 Å². The molecule has 142 valence electrons. The van der Waals surface area contributed by atoms with Crippen LogP contribution >= 0.6 is 31.9 Å². The summed E-state index contributed by atoms with van der Waals surface area (Å²) in [7, 11) is 0. The fourth-order valence-corrected chi connectivity index (χ4v) is 5.63. The zero-order valence-corrected chi connectivity index (χ0v) is 19.2. The quantitative estimate of drug-likeness (QED) is 0.203. The Morgan fingerprint density at radius 1 is 0.367 bits per heavy atom. The van der Waals surface area contributed by atoms with Gasteiger partial charge in [0.25, 0.3) is 0 Å². The van der Waals surface area contributed by atoms with Crippen molar-refractivity contribution in [2.75, 3.05) is 0 Å². The molecule has 2 heteroatoms. The second kappa shape index (κ2) is 6.94. The van der Waals surface area contributed by atoms with Crippen LogP contribution in [0.1, 0.15) is 0 Å². The summed E-state index contributed by atoms with van der Waals surface area (Å²) < 4.78 is 2.24. The molecule has 0 N–H and O–H groups in total. The Hall–Kier alpha value is -2.68. The lowest BCUT2D eigenvalue weighted by Gasteiger charge is -2.17. The molecule has 0 saturated heterocycles. The number of halogens is 2. The molecule has 6 aromatic carbocycles. The average molecular weight is 512 g/mol. The molecular weight excluding hydrogens is 496 g/mol. The van der Waals surface area contributed by atoms with Gasteiger partial charge < -0.3 is 0 Å². The highest BCUT2D eigenvalue weighted by Gasteiger charge is 2.16. The molecule has 0 nitrogen and oxygen atoms in total. The SMILES string of the molecule is Brc1ccccc1-c1ccc2ccc3ccc(-c4ccccc4Br)c4ccc1c2c34. The first-order chi connectivity index (χ1) is 14.7. The van der Waals surface area contributed by atoms with Gasteiger partial charge in [-0.15, -0.1) is 0 Å². The Labute approximate surface area is 191 Å². The number of benzene rings is 6. The molecule has 0 aliphatic heterocycles. The van der Waals surface area contributed by atoms with Gasteiger partial charge in [0.05, 0.1) is 0 Å². The molecule has 0 spiro atoms. The highest BCUT2D eigenvalue weighted by molar-refractivity contribution is 9.11. The smallest absolute Gasteiger partial charge is 0.0253 e. The Balaban J connectivity index is 1.76. The molecule has 0 unspecified atom stereocenters. The lowest BCUT2D eigenvalue weighted by atomic mass is 9.87. The monoisotopic (exact) mass is 510 g/mol. The van der Waals surface area contributed by atoms with E-state index in [9.17, 15) is 0 Å². The number of hydrogen-bond donors (Lipinski definition) is 0. The van der Waals surface area contributed by atoms with E-state index in [-0.39, 0.29) is 0 Å². The zero-order valence-electron chi connectivity index (χ0n) is 16.0. The number of hydrogen-bond acceptors (Lipinski definition) is 0. The summed E-state index contributed by atoms with van der Waals surface area (Å²) >= 11 is 7.49. The van der Waals surface area contributed by atoms with E-state index in [0.29, 0.717) is 0 Å². The zero-order chi connectivity index (χ0) is 20.2. The molecule has 0 saturated carbocycles. The van der Waals surface area contributed by atoms with Gasteiger partial charge in [-0.2, -0.15) is 0 Å². The molecule has 0 amide bonds. The van der Waals surface area contributed by atoms with Crippen LogP contribution in [-0.4, -0.2) is 0 Å². The van der Waals surface area contributed by atoms with E-state index in [1.807, 2.05) is 0 Å². The predicted molar refractivity (Wildman–Crippen MR) is 136 cm³/mol. The van der Waals surface area contributed by atoms with Gasteiger partial charge in [0.1, 0.15) is 0 Å². The lowest BCUT2D eigenvalue weighted by Crippen LogP contribution is -1.90. The molecule has 30 heavy (non-hydrogen) atoms. The standard InChI is InChI=1S/C28H16Br2/c29-25-7-3-1-5-21(25)19-13-11-17-9-10-18-12-14-20(22-6-2-4-8-26(22)30)24-16-15-23(19)27(17)28(18)24/h1-16H. The molecule has 0 aromatic heterocycles. The second-order valence-corrected chi connectivity index (χ2v) is 9.32. The minimum atomic E-state index is 1.12. The summed E-state index contributed by atoms with van der Waals surface area (Å²) in [6, 6.07) is 35.0. The van der Waals surface area contributed by atoms with E-state index in [0.717, 1.165) is 8.95 Å². The predicted octanol–water partition coefficient (Wildman–Crippen LogP) is 9.44. The first-order valence-corrected chi connectivity index (χ1v) is 11.5. The molecule has 0 radical (unpaired) electrons. The molecule has 6 aromatic rings. The van der Waals surface area contributed by atoms with Gasteiger partial charge in [0.2, 0.25) is 0 Å². The fraction of sp³-hybridized carbons (Fsp3) is 0. The van der Waals surface area contributed by atoms with Crippen LogP contribution in [0.25, 0.3) is 54.6 Å². The number of rotatable bonds is 2. The van der Waals surface area contributed by atoms with Crippen LogP contribution in [0.2, 0.25) is 0 Å². The van der Waals surface area contributed by atoms with Crippen LogP contribution in [0.5, 0.6) is 0 Å². The van der Waals surface area contributed by atoms with E-state index in [1.165, 1.54) is 54.6 Å². The Morgan fingerprint density at radius 2 is 0.767 bits per heavy atom. The second-order valence-electron chi connectivity index (χ2n) is 7.61. The third-order valence-electron chi connectivity index (χ3n) is 5.99. The van der Waals surface area contributed by atoms with E-state index < -0.39 is 0 Å². The maximum Gasteiger partial charge on any atom is 0.0253 e. The molecule has 0 bridgehead atoms. The van der Waals surface area contributed by atoms with Crippen LogP contribution < -0.4 is 0 Å². The van der Waals surface area contributed by atoms with Crippen molar-refractivity contribution in [1.29, 1.82) is 0 Å². The van der Waals surface area contributed by atoms with Crippen molar-refractivity contribution in [3.8, 4) is 22.3 Å². The summed E-state index contributed by atoms with van der Waals surface area (Å²) in [6.45, 7) is 0. The van der Waals surface area contributed by atoms with Crippen LogP contribution in [0.4, 0.5) is 0 Å². The van der Waals surface area contributed by atoms with Gasteiger partial charge in [-0.25, -0.2) is 0 Å². The lowest BCUT2D eigenvalue weighted by molar-refractivity contribution is 1.61. The Morgan fingerprint density at radius 3 is 1.20 bits per heavy atom. The normalized spacial score (nSPS) is 11.7. The summed E-state index contributed by atoms with van der Waals surface area (Å²) in [5.74, 6) is 0. The third kappa shape index (κ3) is 2.64. The van der Waals surface area contributed by atoms with Crippen molar-refractivity contribution in [1.82, 2.24) is 0 Å². The maximum atomic E-state index is 3.75. The van der Waals surface area contributed by atoms with E-state index in [2.05, 4.69) is 129 Å². The summed E-state index contributed by atoms with van der Waals surface area (Å²) in [6.07, 6.45) is 0. The summed E-state index contributed by atoms with van der Waals surface area (Å²) in [5, 5.41) is 7.83. The molecule has 6 rings (SSSR count). The van der Waals surface area contributed by atoms with E-state index in [1.54, 1.807) is 0 Å². The highest BCUT2D eigenvalue weighted by Crippen LogP contribution is 2.44. The molecule has 0 fully saturated rings. The average Bonchev–Trinajstić information content (AvgIpc) is 2.78. The third-order valence-corrected chi connectivity index (χ3v) is 7.38. The minimum absolute atomic E-state index is 1.12. The van der Waals surface area contributed by atoms with Crippen molar-refractivity contribution >= 4 is 64.2 Å². The maximum absolute atomic E-state index is 3.75. The first kappa shape index (κ1) is 18.1. The van der Waals surface area contributed by atoms with E-state index >= 15 is 0 Å². The molecule has 0 aliphatic rings. The fourth-order valence-electron chi connectivity index (χ4n) is 4.63. The summed E-state index contributed by atoms with van der Waals surface area (Å²) in [5.41, 5.74) is 4.97. The van der Waals surface area contributed by atoms with Gasteiger partial charge in [-0.05, 0) is 66.7 Å². The van der Waals surface area contributed by atoms with Crippen LogP contribution in [0, 0.1) is 0 Å². The molecule has 0 heterocycles. The summed E-state index contributed by atoms with van der Waals surface area (Å²) in [4.78, 5) is 0. The van der Waals surface area contributed by atoms with Crippen molar-refractivity contribution in [3.63, 3.8) is 0 Å². The minimum Gasteiger partial charge on any atom is -0.0616 e. The first-order valence-electron chi connectivity index (χ1n) is 9.93. The van der Waals surface area contributed by atoms with Crippen molar-refractivity contribution in [2.45, 2.75) is 0 Å². The Bertz CT molecular complexity index is 1440. The van der Waals surface area contributed by atoms with Gasteiger partial charge in [-0.3, -0.25) is 0 Å².